The van der Waals surface area contributed by atoms with Gasteiger partial charge in [0.05, 0.1) is 0 Å². The first-order chi connectivity index (χ1) is 8.25. The van der Waals surface area contributed by atoms with E-state index in [1.54, 1.807) is 0 Å². The number of hydrogen-bond donors (Lipinski definition) is 3. The molecular formula is C12H15N3O2. The molecule has 0 saturated carbocycles. The van der Waals surface area contributed by atoms with E-state index >= 15 is 0 Å². The maximum Gasteiger partial charge on any atom is 0.409 e. The number of hydrogen-bond acceptors (Lipinski definition) is 3. The lowest BCUT2D eigenvalue weighted by Crippen LogP contribution is -2.27. The van der Waals surface area contributed by atoms with Gasteiger partial charge in [-0.2, -0.15) is 0 Å². The molecule has 17 heavy (non-hydrogen) atoms. The zero-order valence-corrected chi connectivity index (χ0v) is 9.49. The van der Waals surface area contributed by atoms with E-state index in [0.717, 1.165) is 43.9 Å². The molecule has 0 saturated heterocycles. The van der Waals surface area contributed by atoms with Crippen LogP contribution >= 0.6 is 0 Å². The number of carboxylic acid groups (broad SMARTS) is 1. The zero-order chi connectivity index (χ0) is 11.8. The highest BCUT2D eigenvalue weighted by atomic mass is 16.4. The fourth-order valence-electron chi connectivity index (χ4n) is 2.73. The Morgan fingerprint density at radius 3 is 3.12 bits per heavy atom. The first kappa shape index (κ1) is 10.4. The largest absolute Gasteiger partial charge is 0.465 e. The van der Waals surface area contributed by atoms with Gasteiger partial charge in [0.25, 0.3) is 0 Å². The van der Waals surface area contributed by atoms with Gasteiger partial charge in [0, 0.05) is 43.1 Å². The van der Waals surface area contributed by atoms with Gasteiger partial charge in [-0.3, -0.25) is 5.32 Å². The van der Waals surface area contributed by atoms with Gasteiger partial charge in [-0.05, 0) is 18.1 Å². The Morgan fingerprint density at radius 1 is 1.41 bits per heavy atom. The van der Waals surface area contributed by atoms with E-state index in [9.17, 15) is 4.79 Å². The molecule has 5 nitrogen and oxygen atoms in total. The quantitative estimate of drug-likeness (QED) is 0.683. The average molecular weight is 233 g/mol. The number of carbonyl (C=O) groups is 1. The van der Waals surface area contributed by atoms with E-state index in [2.05, 4.69) is 15.5 Å². The minimum absolute atomic E-state index is 0.737. The lowest BCUT2D eigenvalue weighted by atomic mass is 10.0. The summed E-state index contributed by atoms with van der Waals surface area (Å²) in [6.45, 7) is 3.83. The standard InChI is InChI=1S/C12H15N3O2/c16-12(17)14-10-2-1-8-7-13-4-6-15-5-3-9(10)11(8)15/h1-2,13-14H,3-7H2,(H,16,17). The van der Waals surface area contributed by atoms with E-state index in [0.29, 0.717) is 0 Å². The van der Waals surface area contributed by atoms with Crippen LogP contribution in [0.2, 0.25) is 0 Å². The van der Waals surface area contributed by atoms with E-state index in [-0.39, 0.29) is 0 Å². The molecule has 0 aliphatic carbocycles. The van der Waals surface area contributed by atoms with Crippen molar-refractivity contribution in [1.82, 2.24) is 5.32 Å². The molecule has 1 amide bonds. The summed E-state index contributed by atoms with van der Waals surface area (Å²) in [5.74, 6) is 0. The third kappa shape index (κ3) is 1.72. The molecule has 2 aliphatic heterocycles. The first-order valence-corrected chi connectivity index (χ1v) is 5.86. The van der Waals surface area contributed by atoms with Crippen LogP contribution in [0.4, 0.5) is 16.2 Å². The number of nitrogens with zero attached hydrogens (tertiary/aromatic N) is 1. The average Bonchev–Trinajstić information content (AvgIpc) is 2.60. The van der Waals surface area contributed by atoms with Crippen LogP contribution in [0.1, 0.15) is 11.1 Å². The zero-order valence-electron chi connectivity index (χ0n) is 9.49. The van der Waals surface area contributed by atoms with Crippen LogP contribution in [-0.4, -0.2) is 30.8 Å². The minimum atomic E-state index is -0.994. The molecule has 0 aromatic heterocycles. The van der Waals surface area contributed by atoms with Crippen LogP contribution in [-0.2, 0) is 13.0 Å². The molecule has 0 atom stereocenters. The molecule has 0 unspecified atom stereocenters. The SMILES string of the molecule is O=C(O)Nc1ccc2c3c1CCN3CCNC2. The van der Waals surface area contributed by atoms with Gasteiger partial charge in [-0.15, -0.1) is 0 Å². The van der Waals surface area contributed by atoms with Crippen molar-refractivity contribution in [2.75, 3.05) is 29.9 Å². The molecule has 90 valence electrons. The van der Waals surface area contributed by atoms with Crippen molar-refractivity contribution in [1.29, 1.82) is 0 Å². The summed E-state index contributed by atoms with van der Waals surface area (Å²) >= 11 is 0. The summed E-state index contributed by atoms with van der Waals surface area (Å²) in [5, 5.41) is 14.7. The number of amides is 1. The van der Waals surface area contributed by atoms with Crippen molar-refractivity contribution in [3.63, 3.8) is 0 Å². The van der Waals surface area contributed by atoms with Crippen LogP contribution in [0, 0.1) is 0 Å². The Hall–Kier alpha value is -1.75. The van der Waals surface area contributed by atoms with E-state index < -0.39 is 6.09 Å². The molecular weight excluding hydrogens is 218 g/mol. The predicted molar refractivity (Wildman–Crippen MR) is 65.7 cm³/mol. The van der Waals surface area contributed by atoms with Crippen LogP contribution in [0.3, 0.4) is 0 Å². The number of anilines is 2. The second-order valence-corrected chi connectivity index (χ2v) is 4.44. The molecule has 0 bridgehead atoms. The molecule has 1 aromatic carbocycles. The Morgan fingerprint density at radius 2 is 2.29 bits per heavy atom. The fourth-order valence-corrected chi connectivity index (χ4v) is 2.73. The lowest BCUT2D eigenvalue weighted by Gasteiger charge is -2.19. The molecule has 0 spiro atoms. The van der Waals surface area contributed by atoms with E-state index in [1.165, 1.54) is 11.3 Å². The maximum absolute atomic E-state index is 10.7. The van der Waals surface area contributed by atoms with Gasteiger partial charge in [0.1, 0.15) is 0 Å². The highest BCUT2D eigenvalue weighted by Gasteiger charge is 2.26. The van der Waals surface area contributed by atoms with E-state index in [4.69, 9.17) is 5.11 Å². The second-order valence-electron chi connectivity index (χ2n) is 4.44. The number of nitrogens with one attached hydrogen (secondary N) is 2. The van der Waals surface area contributed by atoms with Gasteiger partial charge in [0.2, 0.25) is 0 Å². The molecule has 3 rings (SSSR count). The van der Waals surface area contributed by atoms with Crippen LogP contribution < -0.4 is 15.5 Å². The molecule has 0 fully saturated rings. The Bertz CT molecular complexity index is 473. The van der Waals surface area contributed by atoms with Crippen molar-refractivity contribution in [3.05, 3.63) is 23.3 Å². The van der Waals surface area contributed by atoms with Crippen LogP contribution in [0.5, 0.6) is 0 Å². The monoisotopic (exact) mass is 233 g/mol. The lowest BCUT2D eigenvalue weighted by molar-refractivity contribution is 0.209. The van der Waals surface area contributed by atoms with E-state index in [1.807, 2.05) is 12.1 Å². The third-order valence-corrected chi connectivity index (χ3v) is 3.43. The highest BCUT2D eigenvalue weighted by molar-refractivity contribution is 5.87. The predicted octanol–water partition coefficient (Wildman–Crippen LogP) is 1.24. The summed E-state index contributed by atoms with van der Waals surface area (Å²) < 4.78 is 0. The summed E-state index contributed by atoms with van der Waals surface area (Å²) in [5.41, 5.74) is 4.39. The van der Waals surface area contributed by atoms with Crippen LogP contribution in [0.15, 0.2) is 12.1 Å². The molecule has 2 heterocycles. The van der Waals surface area contributed by atoms with Gasteiger partial charge in [-0.1, -0.05) is 6.07 Å². The topological polar surface area (TPSA) is 64.6 Å². The first-order valence-electron chi connectivity index (χ1n) is 5.86. The van der Waals surface area contributed by atoms with Crippen molar-refractivity contribution < 1.29 is 9.90 Å². The summed E-state index contributed by atoms with van der Waals surface area (Å²) in [7, 11) is 0. The second kappa shape index (κ2) is 3.92. The molecule has 1 aromatic rings. The highest BCUT2D eigenvalue weighted by Crippen LogP contribution is 2.37. The van der Waals surface area contributed by atoms with Gasteiger partial charge >= 0.3 is 6.09 Å². The summed E-state index contributed by atoms with van der Waals surface area (Å²) in [6, 6.07) is 3.89. The molecule has 3 N–H and O–H groups in total. The smallest absolute Gasteiger partial charge is 0.409 e. The van der Waals surface area contributed by atoms with Crippen molar-refractivity contribution in [2.24, 2.45) is 0 Å². The Kier molecular flexibility index (Phi) is 2.40. The molecule has 5 heteroatoms. The van der Waals surface area contributed by atoms with Gasteiger partial charge in [-0.25, -0.2) is 4.79 Å². The summed E-state index contributed by atoms with van der Waals surface area (Å²) in [4.78, 5) is 13.1. The fraction of sp³-hybridized carbons (Fsp3) is 0.417. The molecule has 0 radical (unpaired) electrons. The van der Waals surface area contributed by atoms with Crippen molar-refractivity contribution in [2.45, 2.75) is 13.0 Å². The van der Waals surface area contributed by atoms with Crippen molar-refractivity contribution in [3.8, 4) is 0 Å². The van der Waals surface area contributed by atoms with Gasteiger partial charge in [0.15, 0.2) is 0 Å². The number of rotatable bonds is 1. The normalized spacial score (nSPS) is 17.5. The minimum Gasteiger partial charge on any atom is -0.465 e. The molecule has 2 aliphatic rings. The Labute approximate surface area is 99.4 Å². The van der Waals surface area contributed by atoms with Crippen molar-refractivity contribution >= 4 is 17.5 Å². The third-order valence-electron chi connectivity index (χ3n) is 3.43. The maximum atomic E-state index is 10.7. The van der Waals surface area contributed by atoms with Crippen LogP contribution in [0.25, 0.3) is 0 Å². The van der Waals surface area contributed by atoms with Gasteiger partial charge < -0.3 is 15.3 Å². The summed E-state index contributed by atoms with van der Waals surface area (Å²) in [6.07, 6.45) is -0.0647. The number of benzene rings is 1. The Balaban J connectivity index is 2.07.